The minimum Gasteiger partial charge on any atom is -0.487 e. The summed E-state index contributed by atoms with van der Waals surface area (Å²) in [6, 6.07) is 3.84. The van der Waals surface area contributed by atoms with E-state index in [1.165, 1.54) is 0 Å². The van der Waals surface area contributed by atoms with Crippen LogP contribution >= 0.6 is 15.9 Å². The molecule has 4 nitrogen and oxygen atoms in total. The third-order valence-electron chi connectivity index (χ3n) is 2.91. The number of benzene rings is 1. The number of carbonyl (C=O) groups is 1. The van der Waals surface area contributed by atoms with Crippen molar-refractivity contribution < 1.29 is 14.3 Å². The molecule has 2 rings (SSSR count). The molecule has 1 aromatic rings. The molecular weight excluding hydrogens is 322 g/mol. The molecule has 1 amide bonds. The van der Waals surface area contributed by atoms with Crippen molar-refractivity contribution in [3.63, 3.8) is 0 Å². The van der Waals surface area contributed by atoms with Crippen LogP contribution in [0.2, 0.25) is 0 Å². The van der Waals surface area contributed by atoms with Crippen molar-refractivity contribution in [2.45, 2.75) is 46.3 Å². The molecule has 0 aromatic heterocycles. The molecule has 110 valence electrons. The molecule has 0 spiro atoms. The molecule has 1 aliphatic heterocycles. The zero-order chi connectivity index (χ0) is 15.1. The molecule has 1 aromatic carbocycles. The summed E-state index contributed by atoms with van der Waals surface area (Å²) < 4.78 is 12.2. The predicted octanol–water partition coefficient (Wildman–Crippen LogP) is 4.28. The van der Waals surface area contributed by atoms with E-state index >= 15 is 0 Å². The van der Waals surface area contributed by atoms with Gasteiger partial charge in [-0.25, -0.2) is 4.79 Å². The highest BCUT2D eigenvalue weighted by molar-refractivity contribution is 9.10. The molecule has 0 radical (unpaired) electrons. The van der Waals surface area contributed by atoms with Gasteiger partial charge in [0.15, 0.2) is 0 Å². The smallest absolute Gasteiger partial charge is 0.415 e. The minimum atomic E-state index is -0.513. The Kier molecular flexibility index (Phi) is 4.00. The summed E-state index contributed by atoms with van der Waals surface area (Å²) in [5, 5.41) is 0. The van der Waals surface area contributed by atoms with E-state index in [0.717, 1.165) is 21.5 Å². The molecule has 0 N–H and O–H groups in total. The molecule has 1 aliphatic rings. The summed E-state index contributed by atoms with van der Waals surface area (Å²) in [5.74, 6) is 0.718. The van der Waals surface area contributed by atoms with Crippen LogP contribution < -0.4 is 9.64 Å². The number of ether oxygens (including phenoxy) is 2. The minimum absolute atomic E-state index is 0.0596. The third kappa shape index (κ3) is 3.26. The number of halogens is 1. The van der Waals surface area contributed by atoms with Gasteiger partial charge in [-0.15, -0.1) is 0 Å². The fourth-order valence-electron chi connectivity index (χ4n) is 2.05. The van der Waals surface area contributed by atoms with Gasteiger partial charge in [0.05, 0.1) is 12.2 Å². The number of amides is 1. The molecule has 1 heterocycles. The second-order valence-electron chi connectivity index (χ2n) is 6.09. The SMILES string of the molecule is Cc1cc2c(cc1Br)N(C(=O)OC(C)(C)C)CC(C)O2. The maximum Gasteiger partial charge on any atom is 0.415 e. The van der Waals surface area contributed by atoms with Crippen LogP contribution in [0.4, 0.5) is 10.5 Å². The van der Waals surface area contributed by atoms with Crippen LogP contribution in [0.25, 0.3) is 0 Å². The monoisotopic (exact) mass is 341 g/mol. The Hall–Kier alpha value is -1.23. The predicted molar refractivity (Wildman–Crippen MR) is 82.5 cm³/mol. The molecule has 0 saturated heterocycles. The molecule has 1 unspecified atom stereocenters. The third-order valence-corrected chi connectivity index (χ3v) is 3.77. The Morgan fingerprint density at radius 2 is 2.10 bits per heavy atom. The van der Waals surface area contributed by atoms with Gasteiger partial charge >= 0.3 is 6.09 Å². The highest BCUT2D eigenvalue weighted by Crippen LogP contribution is 2.38. The van der Waals surface area contributed by atoms with Crippen LogP contribution in [0, 0.1) is 6.92 Å². The Labute approximate surface area is 128 Å². The number of fused-ring (bicyclic) bond motifs is 1. The first-order valence-corrected chi connectivity index (χ1v) is 7.44. The highest BCUT2D eigenvalue weighted by atomic mass is 79.9. The molecule has 0 saturated carbocycles. The first-order valence-electron chi connectivity index (χ1n) is 6.64. The van der Waals surface area contributed by atoms with Gasteiger partial charge in [-0.3, -0.25) is 4.90 Å². The Morgan fingerprint density at radius 1 is 1.45 bits per heavy atom. The Bertz CT molecular complexity index is 537. The largest absolute Gasteiger partial charge is 0.487 e. The zero-order valence-electron chi connectivity index (χ0n) is 12.5. The van der Waals surface area contributed by atoms with Crippen molar-refractivity contribution in [1.29, 1.82) is 0 Å². The number of hydrogen-bond acceptors (Lipinski definition) is 3. The number of carbonyl (C=O) groups excluding carboxylic acids is 1. The van der Waals surface area contributed by atoms with E-state index in [9.17, 15) is 4.79 Å². The van der Waals surface area contributed by atoms with Crippen LogP contribution in [-0.2, 0) is 4.74 Å². The molecule has 5 heteroatoms. The van der Waals surface area contributed by atoms with Gasteiger partial charge in [-0.1, -0.05) is 15.9 Å². The van der Waals surface area contributed by atoms with Gasteiger partial charge in [0, 0.05) is 4.47 Å². The van der Waals surface area contributed by atoms with Crippen molar-refractivity contribution in [2.75, 3.05) is 11.4 Å². The standard InChI is InChI=1S/C15H20BrNO3/c1-9-6-13-12(7-11(9)16)17(8-10(2)19-13)14(18)20-15(3,4)5/h6-7,10H,8H2,1-5H3. The van der Waals surface area contributed by atoms with E-state index in [2.05, 4.69) is 15.9 Å². The van der Waals surface area contributed by atoms with E-state index in [4.69, 9.17) is 9.47 Å². The van der Waals surface area contributed by atoms with Crippen molar-refractivity contribution in [3.8, 4) is 5.75 Å². The number of anilines is 1. The van der Waals surface area contributed by atoms with E-state index in [-0.39, 0.29) is 12.2 Å². The summed E-state index contributed by atoms with van der Waals surface area (Å²) in [6.45, 7) is 10.0. The molecule has 1 atom stereocenters. The summed E-state index contributed by atoms with van der Waals surface area (Å²) in [6.07, 6.45) is -0.403. The van der Waals surface area contributed by atoms with Crippen LogP contribution in [0.1, 0.15) is 33.3 Å². The first kappa shape index (κ1) is 15.2. The van der Waals surface area contributed by atoms with Gasteiger partial charge in [0.25, 0.3) is 0 Å². The lowest BCUT2D eigenvalue weighted by Gasteiger charge is -2.35. The quantitative estimate of drug-likeness (QED) is 0.706. The lowest BCUT2D eigenvalue weighted by Crippen LogP contribution is -2.44. The van der Waals surface area contributed by atoms with E-state index in [1.54, 1.807) is 4.90 Å². The van der Waals surface area contributed by atoms with Crippen molar-refractivity contribution >= 4 is 27.7 Å². The second-order valence-corrected chi connectivity index (χ2v) is 6.94. The normalized spacial score (nSPS) is 18.3. The number of nitrogens with zero attached hydrogens (tertiary/aromatic N) is 1. The van der Waals surface area contributed by atoms with Crippen molar-refractivity contribution in [2.24, 2.45) is 0 Å². The molecule has 0 bridgehead atoms. The molecule has 0 aliphatic carbocycles. The Balaban J connectivity index is 2.37. The highest BCUT2D eigenvalue weighted by Gasteiger charge is 2.31. The summed E-state index contributed by atoms with van der Waals surface area (Å²) in [7, 11) is 0. The summed E-state index contributed by atoms with van der Waals surface area (Å²) >= 11 is 3.49. The van der Waals surface area contributed by atoms with Crippen molar-refractivity contribution in [3.05, 3.63) is 22.2 Å². The fraction of sp³-hybridized carbons (Fsp3) is 0.533. The van der Waals surface area contributed by atoms with Crippen LogP contribution in [-0.4, -0.2) is 24.3 Å². The van der Waals surface area contributed by atoms with Gasteiger partial charge in [0.2, 0.25) is 0 Å². The maximum atomic E-state index is 12.4. The maximum absolute atomic E-state index is 12.4. The lowest BCUT2D eigenvalue weighted by atomic mass is 10.1. The van der Waals surface area contributed by atoms with Gasteiger partial charge in [-0.2, -0.15) is 0 Å². The summed E-state index contributed by atoms with van der Waals surface area (Å²) in [4.78, 5) is 14.0. The number of rotatable bonds is 0. The van der Waals surface area contributed by atoms with Gasteiger partial charge in [0.1, 0.15) is 17.5 Å². The van der Waals surface area contributed by atoms with Crippen LogP contribution in [0.5, 0.6) is 5.75 Å². The Morgan fingerprint density at radius 3 is 2.70 bits per heavy atom. The van der Waals surface area contributed by atoms with E-state index < -0.39 is 5.60 Å². The van der Waals surface area contributed by atoms with E-state index in [0.29, 0.717) is 6.54 Å². The fourth-order valence-corrected chi connectivity index (χ4v) is 2.38. The summed E-state index contributed by atoms with van der Waals surface area (Å²) in [5.41, 5.74) is 1.30. The van der Waals surface area contributed by atoms with Gasteiger partial charge in [-0.05, 0) is 52.3 Å². The second kappa shape index (κ2) is 5.28. The zero-order valence-corrected chi connectivity index (χ0v) is 14.1. The first-order chi connectivity index (χ1) is 9.17. The van der Waals surface area contributed by atoms with E-state index in [1.807, 2.05) is 46.8 Å². The molecule has 20 heavy (non-hydrogen) atoms. The molecule has 0 fully saturated rings. The molecular formula is C15H20BrNO3. The average Bonchev–Trinajstić information content (AvgIpc) is 2.28. The number of hydrogen-bond donors (Lipinski definition) is 0. The van der Waals surface area contributed by atoms with Crippen LogP contribution in [0.15, 0.2) is 16.6 Å². The van der Waals surface area contributed by atoms with Crippen molar-refractivity contribution in [1.82, 2.24) is 0 Å². The van der Waals surface area contributed by atoms with Gasteiger partial charge < -0.3 is 9.47 Å². The number of aryl methyl sites for hydroxylation is 1. The topological polar surface area (TPSA) is 38.8 Å². The lowest BCUT2D eigenvalue weighted by molar-refractivity contribution is 0.0552. The average molecular weight is 342 g/mol. The van der Waals surface area contributed by atoms with Crippen LogP contribution in [0.3, 0.4) is 0 Å².